The summed E-state index contributed by atoms with van der Waals surface area (Å²) in [6, 6.07) is 12.8. The summed E-state index contributed by atoms with van der Waals surface area (Å²) in [4.78, 5) is 2.86. The Bertz CT molecular complexity index is 830. The van der Waals surface area contributed by atoms with Crippen molar-refractivity contribution in [3.8, 4) is 0 Å². The Morgan fingerprint density at radius 1 is 0.829 bits per heavy atom. The van der Waals surface area contributed by atoms with E-state index in [0.29, 0.717) is 10.8 Å². The molecule has 0 bridgehead atoms. The first-order valence-electron chi connectivity index (χ1n) is 15.5. The molecule has 3 aliphatic carbocycles. The third-order valence-corrected chi connectivity index (χ3v) is 12.4. The molecule has 1 heterocycles. The van der Waals surface area contributed by atoms with Crippen LogP contribution >= 0.6 is 0 Å². The fourth-order valence-electron chi connectivity index (χ4n) is 10.5. The van der Waals surface area contributed by atoms with Gasteiger partial charge in [0.1, 0.15) is 0 Å². The van der Waals surface area contributed by atoms with Crippen molar-refractivity contribution < 1.29 is 0 Å². The summed E-state index contributed by atoms with van der Waals surface area (Å²) in [6.07, 6.45) is 17.4. The molecule has 1 aromatic rings. The van der Waals surface area contributed by atoms with Crippen molar-refractivity contribution in [2.24, 2.45) is 46.3 Å². The molecule has 1 nitrogen and oxygen atoms in total. The Hall–Kier alpha value is -0.820. The largest absolute Gasteiger partial charge is 0.300 e. The number of fused-ring (bicyclic) bond motifs is 5. The van der Waals surface area contributed by atoms with Gasteiger partial charge in [0.15, 0.2) is 0 Å². The minimum Gasteiger partial charge on any atom is -0.300 e. The van der Waals surface area contributed by atoms with Gasteiger partial charge in [-0.15, -0.1) is 0 Å². The molecule has 0 spiro atoms. The number of piperidine rings is 1. The molecule has 35 heavy (non-hydrogen) atoms. The number of benzene rings is 1. The van der Waals surface area contributed by atoms with Crippen LogP contribution in [0, 0.1) is 46.3 Å². The van der Waals surface area contributed by atoms with Crippen molar-refractivity contribution in [1.29, 1.82) is 0 Å². The highest BCUT2D eigenvalue weighted by atomic mass is 15.2. The molecular formula is C34H55N. The van der Waals surface area contributed by atoms with E-state index in [-0.39, 0.29) is 0 Å². The summed E-state index contributed by atoms with van der Waals surface area (Å²) in [5.41, 5.74) is 2.68. The molecule has 1 aromatic carbocycles. The van der Waals surface area contributed by atoms with Crippen LogP contribution in [-0.2, 0) is 6.42 Å². The number of likely N-dealkylation sites (tertiary alicyclic amines) is 1. The van der Waals surface area contributed by atoms with E-state index in [1.54, 1.807) is 0 Å². The monoisotopic (exact) mass is 477 g/mol. The molecule has 4 aliphatic rings. The fraction of sp³-hybridized carbons (Fsp3) is 0.824. The highest BCUT2D eigenvalue weighted by Crippen LogP contribution is 2.67. The van der Waals surface area contributed by atoms with Crippen molar-refractivity contribution in [3.05, 3.63) is 35.9 Å². The Balaban J connectivity index is 1.27. The van der Waals surface area contributed by atoms with Crippen molar-refractivity contribution >= 4 is 0 Å². The molecule has 196 valence electrons. The number of rotatable bonds is 7. The van der Waals surface area contributed by atoms with Crippen LogP contribution in [0.2, 0.25) is 0 Å². The second-order valence-electron chi connectivity index (χ2n) is 14.6. The van der Waals surface area contributed by atoms with Crippen LogP contribution in [0.3, 0.4) is 0 Å². The van der Waals surface area contributed by atoms with Crippen LogP contribution in [-0.4, -0.2) is 24.0 Å². The van der Waals surface area contributed by atoms with Crippen molar-refractivity contribution in [2.75, 3.05) is 7.05 Å². The van der Waals surface area contributed by atoms with Gasteiger partial charge < -0.3 is 0 Å². The lowest BCUT2D eigenvalue weighted by Gasteiger charge is -2.63. The predicted molar refractivity (Wildman–Crippen MR) is 150 cm³/mol. The summed E-state index contributed by atoms with van der Waals surface area (Å²) in [5, 5.41) is 0. The van der Waals surface area contributed by atoms with Crippen LogP contribution in [0.25, 0.3) is 0 Å². The van der Waals surface area contributed by atoms with E-state index < -0.39 is 0 Å². The molecule has 9 atom stereocenters. The smallest absolute Gasteiger partial charge is 0.0152 e. The minimum atomic E-state index is 0.535. The lowest BCUT2D eigenvalue weighted by Crippen LogP contribution is -2.62. The molecule has 0 amide bonds. The molecule has 5 rings (SSSR count). The molecule has 0 radical (unpaired) electrons. The number of hydrogen-bond donors (Lipinski definition) is 0. The lowest BCUT2D eigenvalue weighted by atomic mass is 9.46. The van der Waals surface area contributed by atoms with Gasteiger partial charge in [0.25, 0.3) is 0 Å². The Morgan fingerprint density at radius 3 is 2.29 bits per heavy atom. The second-order valence-corrected chi connectivity index (χ2v) is 14.6. The molecular weight excluding hydrogens is 422 g/mol. The van der Waals surface area contributed by atoms with Crippen LogP contribution in [0.15, 0.2) is 30.3 Å². The van der Waals surface area contributed by atoms with Gasteiger partial charge in [-0.2, -0.15) is 0 Å². The summed E-state index contributed by atoms with van der Waals surface area (Å²) >= 11 is 0. The summed E-state index contributed by atoms with van der Waals surface area (Å²) < 4.78 is 0. The van der Waals surface area contributed by atoms with Crippen molar-refractivity contribution in [1.82, 2.24) is 4.90 Å². The molecule has 0 aromatic heterocycles. The van der Waals surface area contributed by atoms with Crippen LogP contribution in [0.4, 0.5) is 0 Å². The topological polar surface area (TPSA) is 3.24 Å². The maximum atomic E-state index is 2.86. The molecule has 1 unspecified atom stereocenters. The van der Waals surface area contributed by atoms with Crippen LogP contribution in [0.1, 0.15) is 111 Å². The van der Waals surface area contributed by atoms with Gasteiger partial charge in [-0.1, -0.05) is 84.2 Å². The zero-order valence-corrected chi connectivity index (χ0v) is 23.9. The summed E-state index contributed by atoms with van der Waals surface area (Å²) in [5.74, 6) is 5.74. The lowest BCUT2D eigenvalue weighted by molar-refractivity contribution is -0.136. The summed E-state index contributed by atoms with van der Waals surface area (Å²) in [7, 11) is 2.48. The Kier molecular flexibility index (Phi) is 7.49. The van der Waals surface area contributed by atoms with E-state index in [1.165, 1.54) is 82.6 Å². The SMILES string of the molecule is CC(C)CCC[C@@H](C)C1CC[C@H]2[C@@H]3CC[C@H]4N(C)[C@@H](Cc5ccccc5)CC[C@]4(C)[C@H]3CC[C@]12C. The van der Waals surface area contributed by atoms with Crippen molar-refractivity contribution in [3.63, 3.8) is 0 Å². The zero-order valence-electron chi connectivity index (χ0n) is 23.9. The highest BCUT2D eigenvalue weighted by Gasteiger charge is 2.61. The average Bonchev–Trinajstić information content (AvgIpc) is 3.19. The Morgan fingerprint density at radius 2 is 1.54 bits per heavy atom. The fourth-order valence-corrected chi connectivity index (χ4v) is 10.5. The molecule has 1 saturated heterocycles. The summed E-state index contributed by atoms with van der Waals surface area (Å²) in [6.45, 7) is 12.9. The van der Waals surface area contributed by atoms with E-state index in [0.717, 1.165) is 47.6 Å². The average molecular weight is 478 g/mol. The van der Waals surface area contributed by atoms with E-state index in [1.807, 2.05) is 0 Å². The number of nitrogens with zero attached hydrogens (tertiary/aromatic N) is 1. The number of likely N-dealkylation sites (N-methyl/N-ethyl adjacent to an activating group) is 1. The van der Waals surface area contributed by atoms with Crippen molar-refractivity contribution in [2.45, 2.75) is 124 Å². The third kappa shape index (κ3) is 4.66. The van der Waals surface area contributed by atoms with E-state index in [2.05, 4.69) is 76.9 Å². The van der Waals surface area contributed by atoms with Crippen LogP contribution in [0.5, 0.6) is 0 Å². The van der Waals surface area contributed by atoms with E-state index in [9.17, 15) is 0 Å². The first-order valence-corrected chi connectivity index (χ1v) is 15.5. The van der Waals surface area contributed by atoms with Gasteiger partial charge >= 0.3 is 0 Å². The molecule has 0 N–H and O–H groups in total. The van der Waals surface area contributed by atoms with Crippen LogP contribution < -0.4 is 0 Å². The molecule has 4 fully saturated rings. The van der Waals surface area contributed by atoms with Gasteiger partial charge in [0.2, 0.25) is 0 Å². The second kappa shape index (κ2) is 10.2. The maximum Gasteiger partial charge on any atom is 0.0152 e. The first-order chi connectivity index (χ1) is 16.7. The van der Waals surface area contributed by atoms with Gasteiger partial charge in [0.05, 0.1) is 0 Å². The number of hydrogen-bond acceptors (Lipinski definition) is 1. The third-order valence-electron chi connectivity index (χ3n) is 12.4. The van der Waals surface area contributed by atoms with E-state index >= 15 is 0 Å². The molecule has 3 saturated carbocycles. The quantitative estimate of drug-likeness (QED) is 0.378. The predicted octanol–water partition coefficient (Wildman–Crippen LogP) is 9.01. The van der Waals surface area contributed by atoms with Gasteiger partial charge in [-0.3, -0.25) is 4.90 Å². The standard InChI is InChI=1S/C34H55N/c1-24(2)11-10-12-25(3)29-16-17-30-28-15-18-32-34(5,31(28)20-22-33(29,30)4)21-19-27(35(32)6)23-26-13-8-7-9-14-26/h7-9,13-14,24-25,27-32H,10-12,15-23H2,1-6H3/t25-,27-,28+,29?,30+,31+,32-,33-,34-/m1/s1. The maximum absolute atomic E-state index is 2.86. The molecule has 1 heteroatoms. The van der Waals surface area contributed by atoms with Gasteiger partial charge in [0, 0.05) is 12.1 Å². The van der Waals surface area contributed by atoms with Gasteiger partial charge in [-0.25, -0.2) is 0 Å². The first kappa shape index (κ1) is 25.8. The van der Waals surface area contributed by atoms with E-state index in [4.69, 9.17) is 0 Å². The molecule has 1 aliphatic heterocycles. The minimum absolute atomic E-state index is 0.535. The normalized spacial score (nSPS) is 42.4. The Labute approximate surface area is 217 Å². The van der Waals surface area contributed by atoms with Gasteiger partial charge in [-0.05, 0) is 117 Å². The zero-order chi connectivity index (χ0) is 24.8. The highest BCUT2D eigenvalue weighted by molar-refractivity contribution is 5.18.